The van der Waals surface area contributed by atoms with Gasteiger partial charge in [-0.2, -0.15) is 0 Å². The summed E-state index contributed by atoms with van der Waals surface area (Å²) in [6.07, 6.45) is 0.763. The molecule has 5 nitrogen and oxygen atoms in total. The van der Waals surface area contributed by atoms with E-state index in [0.29, 0.717) is 12.2 Å². The van der Waals surface area contributed by atoms with Gasteiger partial charge < -0.3 is 16.0 Å². The molecule has 1 aliphatic rings. The Labute approximate surface area is 121 Å². The zero-order valence-corrected chi connectivity index (χ0v) is 12.5. The lowest BCUT2D eigenvalue weighted by molar-refractivity contribution is -0.123. The second-order valence-corrected chi connectivity index (χ2v) is 6.25. The van der Waals surface area contributed by atoms with Gasteiger partial charge >= 0.3 is 0 Å². The van der Waals surface area contributed by atoms with Crippen LogP contribution in [0.5, 0.6) is 0 Å². The number of aromatic nitrogens is 1. The van der Waals surface area contributed by atoms with E-state index in [-0.39, 0.29) is 11.9 Å². The van der Waals surface area contributed by atoms with Crippen LogP contribution in [-0.2, 0) is 4.79 Å². The molecule has 6 heteroatoms. The monoisotopic (exact) mass is 290 g/mol. The predicted molar refractivity (Wildman–Crippen MR) is 83.2 cm³/mol. The Morgan fingerprint density at radius 2 is 2.35 bits per heavy atom. The van der Waals surface area contributed by atoms with Gasteiger partial charge in [-0.3, -0.25) is 4.79 Å². The number of nitrogens with zero attached hydrogens (tertiary/aromatic N) is 2. The molecule has 0 spiro atoms. The number of carbonyl (C=O) groups excluding carboxylic acids is 1. The van der Waals surface area contributed by atoms with Crippen molar-refractivity contribution in [1.82, 2.24) is 10.3 Å². The van der Waals surface area contributed by atoms with Gasteiger partial charge in [-0.05, 0) is 25.5 Å². The first kappa shape index (κ1) is 13.2. The molecule has 0 bridgehead atoms. The second kappa shape index (κ2) is 4.94. The molecule has 1 saturated heterocycles. The van der Waals surface area contributed by atoms with Crippen molar-refractivity contribution in [2.24, 2.45) is 0 Å². The second-order valence-electron chi connectivity index (χ2n) is 5.02. The highest BCUT2D eigenvalue weighted by Crippen LogP contribution is 2.33. The van der Waals surface area contributed by atoms with E-state index in [1.165, 1.54) is 0 Å². The molecule has 1 atom stereocenters. The Hall–Kier alpha value is -1.82. The Balaban J connectivity index is 2.07. The van der Waals surface area contributed by atoms with Crippen molar-refractivity contribution in [3.63, 3.8) is 0 Å². The van der Waals surface area contributed by atoms with E-state index >= 15 is 0 Å². The number of benzene rings is 1. The number of carbonyl (C=O) groups is 1. The molecule has 0 radical (unpaired) electrons. The normalized spacial score (nSPS) is 19.4. The third kappa shape index (κ3) is 2.10. The summed E-state index contributed by atoms with van der Waals surface area (Å²) in [6.45, 7) is 5.44. The summed E-state index contributed by atoms with van der Waals surface area (Å²) in [5.41, 5.74) is 8.79. The maximum atomic E-state index is 12.0. The minimum Gasteiger partial charge on any atom is -0.397 e. The van der Waals surface area contributed by atoms with Crippen LogP contribution in [0.15, 0.2) is 12.1 Å². The standard InChI is InChI=1S/C14H18N4OS/c1-3-11-14(19)16-4-5-18(11)12-7-10-13(6-9(12)15)20-8(2)17-10/h6-7,11H,3-5,15H2,1-2H3,(H,16,19). The summed E-state index contributed by atoms with van der Waals surface area (Å²) in [5, 5.41) is 3.94. The Morgan fingerprint density at radius 3 is 3.10 bits per heavy atom. The average Bonchev–Trinajstić information content (AvgIpc) is 2.76. The summed E-state index contributed by atoms with van der Waals surface area (Å²) in [4.78, 5) is 18.6. The van der Waals surface area contributed by atoms with E-state index < -0.39 is 0 Å². The van der Waals surface area contributed by atoms with Gasteiger partial charge in [0.25, 0.3) is 0 Å². The molecule has 2 aromatic rings. The van der Waals surface area contributed by atoms with Gasteiger partial charge in [-0.25, -0.2) is 4.98 Å². The zero-order chi connectivity index (χ0) is 14.3. The van der Waals surface area contributed by atoms with Gasteiger partial charge in [0.2, 0.25) is 5.91 Å². The highest BCUT2D eigenvalue weighted by Gasteiger charge is 2.29. The van der Waals surface area contributed by atoms with Crippen molar-refractivity contribution >= 4 is 38.8 Å². The van der Waals surface area contributed by atoms with Gasteiger partial charge in [0, 0.05) is 13.1 Å². The molecule has 3 N–H and O–H groups in total. The third-order valence-electron chi connectivity index (χ3n) is 3.67. The van der Waals surface area contributed by atoms with Gasteiger partial charge in [0.1, 0.15) is 6.04 Å². The minimum absolute atomic E-state index is 0.0766. The number of rotatable bonds is 2. The van der Waals surface area contributed by atoms with Crippen LogP contribution in [0.1, 0.15) is 18.4 Å². The molecular formula is C14H18N4OS. The van der Waals surface area contributed by atoms with Crippen molar-refractivity contribution in [2.75, 3.05) is 23.7 Å². The number of anilines is 2. The lowest BCUT2D eigenvalue weighted by atomic mass is 10.1. The van der Waals surface area contributed by atoms with Crippen molar-refractivity contribution in [1.29, 1.82) is 0 Å². The number of nitrogens with two attached hydrogens (primary N) is 1. The molecule has 0 saturated carbocycles. The van der Waals surface area contributed by atoms with Gasteiger partial charge in [-0.15, -0.1) is 11.3 Å². The van der Waals surface area contributed by atoms with Gasteiger partial charge in [-0.1, -0.05) is 6.92 Å². The van der Waals surface area contributed by atoms with E-state index in [0.717, 1.165) is 33.9 Å². The number of aryl methyl sites for hydroxylation is 1. The number of piperazine rings is 1. The molecule has 20 heavy (non-hydrogen) atoms. The Kier molecular flexibility index (Phi) is 3.25. The fourth-order valence-electron chi connectivity index (χ4n) is 2.75. The number of thiazole rings is 1. The summed E-state index contributed by atoms with van der Waals surface area (Å²) in [6, 6.07) is 3.83. The molecule has 1 aromatic heterocycles. The van der Waals surface area contributed by atoms with Crippen LogP contribution in [0.2, 0.25) is 0 Å². The topological polar surface area (TPSA) is 71.2 Å². The fraction of sp³-hybridized carbons (Fsp3) is 0.429. The van der Waals surface area contributed by atoms with Crippen LogP contribution >= 0.6 is 11.3 Å². The van der Waals surface area contributed by atoms with Crippen LogP contribution in [0.25, 0.3) is 10.2 Å². The van der Waals surface area contributed by atoms with Crippen molar-refractivity contribution in [3.05, 3.63) is 17.1 Å². The number of amides is 1. The summed E-state index contributed by atoms with van der Waals surface area (Å²) >= 11 is 1.64. The number of nitrogens with one attached hydrogen (secondary N) is 1. The maximum absolute atomic E-state index is 12.0. The predicted octanol–water partition coefficient (Wildman–Crippen LogP) is 1.90. The average molecular weight is 290 g/mol. The number of hydrogen-bond acceptors (Lipinski definition) is 5. The maximum Gasteiger partial charge on any atom is 0.242 e. The van der Waals surface area contributed by atoms with Crippen LogP contribution < -0.4 is 16.0 Å². The SMILES string of the molecule is CCC1C(=O)NCCN1c1cc2nc(C)sc2cc1N. The summed E-state index contributed by atoms with van der Waals surface area (Å²) in [7, 11) is 0. The summed E-state index contributed by atoms with van der Waals surface area (Å²) < 4.78 is 1.10. The first-order valence-electron chi connectivity index (χ1n) is 6.81. The minimum atomic E-state index is -0.150. The summed E-state index contributed by atoms with van der Waals surface area (Å²) in [5.74, 6) is 0.0766. The Morgan fingerprint density at radius 1 is 1.55 bits per heavy atom. The van der Waals surface area contributed by atoms with E-state index in [1.54, 1.807) is 11.3 Å². The van der Waals surface area contributed by atoms with Crippen molar-refractivity contribution in [2.45, 2.75) is 26.3 Å². The van der Waals surface area contributed by atoms with Gasteiger partial charge in [0.05, 0.1) is 26.6 Å². The lowest BCUT2D eigenvalue weighted by Gasteiger charge is -2.36. The van der Waals surface area contributed by atoms with Crippen LogP contribution in [-0.4, -0.2) is 30.0 Å². The van der Waals surface area contributed by atoms with Crippen LogP contribution in [0.4, 0.5) is 11.4 Å². The highest BCUT2D eigenvalue weighted by molar-refractivity contribution is 7.18. The first-order valence-corrected chi connectivity index (χ1v) is 7.63. The first-order chi connectivity index (χ1) is 9.60. The smallest absolute Gasteiger partial charge is 0.242 e. The molecule has 1 fully saturated rings. The lowest BCUT2D eigenvalue weighted by Crippen LogP contribution is -2.55. The number of hydrogen-bond donors (Lipinski definition) is 2. The quantitative estimate of drug-likeness (QED) is 0.829. The van der Waals surface area contributed by atoms with Crippen LogP contribution in [0, 0.1) is 6.92 Å². The molecule has 1 aromatic carbocycles. The van der Waals surface area contributed by atoms with Crippen molar-refractivity contribution < 1.29 is 4.79 Å². The van der Waals surface area contributed by atoms with Crippen molar-refractivity contribution in [3.8, 4) is 0 Å². The molecule has 1 unspecified atom stereocenters. The van der Waals surface area contributed by atoms with E-state index in [2.05, 4.69) is 15.2 Å². The molecule has 1 amide bonds. The molecule has 2 heterocycles. The molecule has 3 rings (SSSR count). The largest absolute Gasteiger partial charge is 0.397 e. The fourth-order valence-corrected chi connectivity index (χ4v) is 3.61. The third-order valence-corrected chi connectivity index (χ3v) is 4.60. The van der Waals surface area contributed by atoms with E-state index in [1.807, 2.05) is 26.0 Å². The Bertz CT molecular complexity index is 666. The van der Waals surface area contributed by atoms with E-state index in [9.17, 15) is 4.79 Å². The number of nitrogen functional groups attached to an aromatic ring is 1. The van der Waals surface area contributed by atoms with E-state index in [4.69, 9.17) is 5.73 Å². The van der Waals surface area contributed by atoms with Crippen LogP contribution in [0.3, 0.4) is 0 Å². The highest BCUT2D eigenvalue weighted by atomic mass is 32.1. The zero-order valence-electron chi connectivity index (χ0n) is 11.6. The number of fused-ring (bicyclic) bond motifs is 1. The molecular weight excluding hydrogens is 272 g/mol. The molecule has 106 valence electrons. The van der Waals surface area contributed by atoms with Gasteiger partial charge in [0.15, 0.2) is 0 Å². The molecule has 0 aliphatic carbocycles. The molecule has 1 aliphatic heterocycles.